The molecule has 0 fully saturated rings. The van der Waals surface area contributed by atoms with Crippen LogP contribution in [0.25, 0.3) is 5.69 Å². The van der Waals surface area contributed by atoms with Crippen molar-refractivity contribution in [1.82, 2.24) is 19.8 Å². The van der Waals surface area contributed by atoms with Gasteiger partial charge in [0.25, 0.3) is 0 Å². The molecule has 0 aliphatic rings. The number of hydrogen-bond donors (Lipinski definition) is 1. The average molecular weight is 405 g/mol. The Morgan fingerprint density at radius 2 is 2.04 bits per heavy atom. The van der Waals surface area contributed by atoms with Gasteiger partial charge in [-0.15, -0.1) is 0 Å². The van der Waals surface area contributed by atoms with Gasteiger partial charge in [-0.05, 0) is 52.7 Å². The van der Waals surface area contributed by atoms with E-state index in [1.807, 2.05) is 19.1 Å². The van der Waals surface area contributed by atoms with E-state index in [-0.39, 0.29) is 18.0 Å². The number of halogens is 1. The summed E-state index contributed by atoms with van der Waals surface area (Å²) in [6.45, 7) is 2.22. The highest BCUT2D eigenvalue weighted by Crippen LogP contribution is 2.28. The summed E-state index contributed by atoms with van der Waals surface area (Å²) in [5.74, 6) is 0.894. The molecule has 0 saturated carbocycles. The van der Waals surface area contributed by atoms with Crippen LogP contribution in [0.2, 0.25) is 0 Å². The zero-order chi connectivity index (χ0) is 18.0. The minimum Gasteiger partial charge on any atom is -0.508 e. The topological polar surface area (TPSA) is 82.2 Å². The Labute approximate surface area is 152 Å². The standard InChI is InChI=1S/C17H17BrN4O3/c1-3-11-9-12(23)7-8-16(11)25-10-13-14(18)5-4-6-15(13)22-17(24)21(2)19-20-22/h4-9,23H,3,10H2,1-2H3. The number of tetrazole rings is 1. The summed E-state index contributed by atoms with van der Waals surface area (Å²) in [5, 5.41) is 17.3. The molecule has 1 heterocycles. The molecule has 0 bridgehead atoms. The van der Waals surface area contributed by atoms with E-state index in [1.165, 1.54) is 9.36 Å². The SMILES string of the molecule is CCc1cc(O)ccc1OCc1c(Br)cccc1-n1nnn(C)c1=O. The molecule has 3 aromatic rings. The first-order chi connectivity index (χ1) is 12.0. The van der Waals surface area contributed by atoms with Crippen LogP contribution < -0.4 is 10.4 Å². The number of rotatable bonds is 5. The summed E-state index contributed by atoms with van der Waals surface area (Å²) in [7, 11) is 1.55. The van der Waals surface area contributed by atoms with Gasteiger partial charge >= 0.3 is 5.69 Å². The predicted molar refractivity (Wildman–Crippen MR) is 96.1 cm³/mol. The number of aryl methyl sites for hydroxylation is 2. The van der Waals surface area contributed by atoms with Gasteiger partial charge < -0.3 is 9.84 Å². The van der Waals surface area contributed by atoms with E-state index < -0.39 is 0 Å². The van der Waals surface area contributed by atoms with Crippen LogP contribution >= 0.6 is 15.9 Å². The summed E-state index contributed by atoms with van der Waals surface area (Å²) >= 11 is 3.51. The van der Waals surface area contributed by atoms with Gasteiger partial charge in [-0.3, -0.25) is 0 Å². The summed E-state index contributed by atoms with van der Waals surface area (Å²) in [6.07, 6.45) is 0.732. The zero-order valence-electron chi connectivity index (χ0n) is 13.8. The van der Waals surface area contributed by atoms with Crippen LogP contribution in [0, 0.1) is 0 Å². The highest BCUT2D eigenvalue weighted by Gasteiger charge is 2.15. The maximum Gasteiger partial charge on any atom is 0.368 e. The quantitative estimate of drug-likeness (QED) is 0.706. The molecule has 0 spiro atoms. The molecular weight excluding hydrogens is 388 g/mol. The van der Waals surface area contributed by atoms with E-state index in [2.05, 4.69) is 26.4 Å². The van der Waals surface area contributed by atoms with E-state index in [9.17, 15) is 9.90 Å². The fraction of sp³-hybridized carbons (Fsp3) is 0.235. The van der Waals surface area contributed by atoms with Gasteiger partial charge in [0.05, 0.1) is 5.69 Å². The van der Waals surface area contributed by atoms with E-state index in [1.54, 1.807) is 31.3 Å². The number of aromatic hydroxyl groups is 1. The summed E-state index contributed by atoms with van der Waals surface area (Å²) in [6, 6.07) is 10.5. The van der Waals surface area contributed by atoms with E-state index >= 15 is 0 Å². The third-order valence-electron chi connectivity index (χ3n) is 3.84. The molecule has 0 radical (unpaired) electrons. The molecule has 0 saturated heterocycles. The average Bonchev–Trinajstić information content (AvgIpc) is 2.93. The Morgan fingerprint density at radius 1 is 1.24 bits per heavy atom. The van der Waals surface area contributed by atoms with E-state index in [0.717, 1.165) is 22.0 Å². The molecule has 1 aromatic heterocycles. The summed E-state index contributed by atoms with van der Waals surface area (Å²) in [4.78, 5) is 12.2. The lowest BCUT2D eigenvalue weighted by atomic mass is 10.1. The van der Waals surface area contributed by atoms with Crippen LogP contribution in [0.3, 0.4) is 0 Å². The molecule has 8 heteroatoms. The molecule has 3 rings (SSSR count). The lowest BCUT2D eigenvalue weighted by Gasteiger charge is -2.14. The van der Waals surface area contributed by atoms with E-state index in [0.29, 0.717) is 11.4 Å². The number of nitrogens with zero attached hydrogens (tertiary/aromatic N) is 4. The second kappa shape index (κ2) is 7.10. The van der Waals surface area contributed by atoms with E-state index in [4.69, 9.17) is 4.74 Å². The largest absolute Gasteiger partial charge is 0.508 e. The molecule has 130 valence electrons. The molecule has 7 nitrogen and oxygen atoms in total. The highest BCUT2D eigenvalue weighted by atomic mass is 79.9. The van der Waals surface area contributed by atoms with Gasteiger partial charge in [0.15, 0.2) is 0 Å². The number of ether oxygens (including phenoxy) is 1. The normalized spacial score (nSPS) is 10.8. The number of phenolic OH excluding ortho intramolecular Hbond substituents is 1. The molecule has 25 heavy (non-hydrogen) atoms. The lowest BCUT2D eigenvalue weighted by molar-refractivity contribution is 0.301. The van der Waals surface area contributed by atoms with Crippen LogP contribution in [-0.2, 0) is 20.1 Å². The minimum absolute atomic E-state index is 0.205. The second-order valence-corrected chi connectivity index (χ2v) is 6.32. The molecule has 0 atom stereocenters. The first kappa shape index (κ1) is 17.2. The minimum atomic E-state index is -0.335. The second-order valence-electron chi connectivity index (χ2n) is 5.47. The Kier molecular flexibility index (Phi) is 4.89. The first-order valence-electron chi connectivity index (χ1n) is 7.72. The van der Waals surface area contributed by atoms with Crippen molar-refractivity contribution >= 4 is 15.9 Å². The maximum absolute atomic E-state index is 12.2. The fourth-order valence-electron chi connectivity index (χ4n) is 2.49. The molecule has 1 N–H and O–H groups in total. The molecule has 0 aliphatic carbocycles. The molecule has 0 aliphatic heterocycles. The Balaban J connectivity index is 1.96. The molecular formula is C17H17BrN4O3. The Bertz CT molecular complexity index is 965. The van der Waals surface area contributed by atoms with Gasteiger partial charge in [-0.1, -0.05) is 28.9 Å². The Hall–Kier alpha value is -2.61. The van der Waals surface area contributed by atoms with Crippen molar-refractivity contribution in [3.05, 3.63) is 62.5 Å². The maximum atomic E-state index is 12.2. The van der Waals surface area contributed by atoms with Crippen LogP contribution in [0.5, 0.6) is 11.5 Å². The van der Waals surface area contributed by atoms with Crippen LogP contribution in [-0.4, -0.2) is 24.9 Å². The third-order valence-corrected chi connectivity index (χ3v) is 4.58. The molecule has 0 amide bonds. The van der Waals surface area contributed by atoms with Gasteiger partial charge in [0.2, 0.25) is 0 Å². The van der Waals surface area contributed by atoms with Gasteiger partial charge in [0.1, 0.15) is 18.1 Å². The smallest absolute Gasteiger partial charge is 0.368 e. The summed E-state index contributed by atoms with van der Waals surface area (Å²) in [5.41, 5.74) is 1.95. The van der Waals surface area contributed by atoms with Crippen LogP contribution in [0.1, 0.15) is 18.1 Å². The van der Waals surface area contributed by atoms with Crippen LogP contribution in [0.4, 0.5) is 0 Å². The van der Waals surface area contributed by atoms with Crippen molar-refractivity contribution < 1.29 is 9.84 Å². The predicted octanol–water partition coefficient (Wildman–Crippen LogP) is 2.58. The lowest BCUT2D eigenvalue weighted by Crippen LogP contribution is -2.23. The van der Waals surface area contributed by atoms with Crippen LogP contribution in [0.15, 0.2) is 45.7 Å². The van der Waals surface area contributed by atoms with Crippen molar-refractivity contribution in [2.24, 2.45) is 7.05 Å². The van der Waals surface area contributed by atoms with Crippen molar-refractivity contribution in [2.45, 2.75) is 20.0 Å². The van der Waals surface area contributed by atoms with Crippen molar-refractivity contribution in [3.8, 4) is 17.2 Å². The first-order valence-corrected chi connectivity index (χ1v) is 8.52. The number of benzene rings is 2. The van der Waals surface area contributed by atoms with Crippen molar-refractivity contribution in [2.75, 3.05) is 0 Å². The van der Waals surface area contributed by atoms with Gasteiger partial charge in [-0.2, -0.15) is 9.36 Å². The van der Waals surface area contributed by atoms with Gasteiger partial charge in [0, 0.05) is 17.1 Å². The summed E-state index contributed by atoms with van der Waals surface area (Å²) < 4.78 is 9.16. The number of phenols is 1. The number of hydrogen-bond acceptors (Lipinski definition) is 5. The number of aromatic nitrogens is 4. The van der Waals surface area contributed by atoms with Crippen molar-refractivity contribution in [1.29, 1.82) is 0 Å². The molecule has 0 unspecified atom stereocenters. The third kappa shape index (κ3) is 3.43. The highest BCUT2D eigenvalue weighted by molar-refractivity contribution is 9.10. The fourth-order valence-corrected chi connectivity index (χ4v) is 2.96. The van der Waals surface area contributed by atoms with Crippen molar-refractivity contribution in [3.63, 3.8) is 0 Å². The molecule has 2 aromatic carbocycles. The Morgan fingerprint density at radius 3 is 2.72 bits per heavy atom. The monoisotopic (exact) mass is 404 g/mol. The zero-order valence-corrected chi connectivity index (χ0v) is 15.4. The van der Waals surface area contributed by atoms with Gasteiger partial charge in [-0.25, -0.2) is 4.79 Å².